The number of aromatic nitrogens is 4. The van der Waals surface area contributed by atoms with E-state index in [1.165, 1.54) is 5.69 Å². The monoisotopic (exact) mass is 441 g/mol. The van der Waals surface area contributed by atoms with Gasteiger partial charge < -0.3 is 10.2 Å². The molecule has 3 aromatic heterocycles. The number of rotatable bonds is 8. The molecule has 0 bridgehead atoms. The van der Waals surface area contributed by atoms with Crippen molar-refractivity contribution in [2.45, 2.75) is 27.7 Å². The maximum absolute atomic E-state index is 10.9. The number of nitrogens with zero attached hydrogens (tertiary/aromatic N) is 5. The summed E-state index contributed by atoms with van der Waals surface area (Å²) in [6.07, 6.45) is 3.32. The molecule has 4 aromatic rings. The van der Waals surface area contributed by atoms with E-state index in [1.807, 2.05) is 29.6 Å². The quantitative estimate of drug-likeness (QED) is 0.288. The van der Waals surface area contributed by atoms with Crippen molar-refractivity contribution in [3.8, 4) is 11.4 Å². The van der Waals surface area contributed by atoms with Gasteiger partial charge in [0.15, 0.2) is 5.65 Å². The Balaban J connectivity index is 1.85. The number of aromatic amines is 1. The zero-order chi connectivity index (χ0) is 23.5. The minimum absolute atomic E-state index is 0.264. The second kappa shape index (κ2) is 9.14. The third-order valence-corrected chi connectivity index (χ3v) is 5.72. The molecule has 1 aromatic carbocycles. The Bertz CT molecular complexity index is 1360. The Morgan fingerprint density at radius 1 is 1.24 bits per heavy atom. The number of hydrogen-bond acceptors (Lipinski definition) is 6. The Labute approximate surface area is 192 Å². The third-order valence-electron chi connectivity index (χ3n) is 5.72. The smallest absolute Gasteiger partial charge is 0.240 e. The number of isocyanates is 1. The molecule has 0 amide bonds. The summed E-state index contributed by atoms with van der Waals surface area (Å²) in [5, 5.41) is 6.79. The van der Waals surface area contributed by atoms with Crippen LogP contribution in [0.25, 0.3) is 22.7 Å². The highest BCUT2D eigenvalue weighted by molar-refractivity contribution is 5.88. The number of hydrogen-bond donors (Lipinski definition) is 2. The van der Waals surface area contributed by atoms with Gasteiger partial charge in [0.2, 0.25) is 6.08 Å². The molecule has 0 atom stereocenters. The van der Waals surface area contributed by atoms with E-state index in [-0.39, 0.29) is 5.70 Å². The molecule has 8 nitrogen and oxygen atoms in total. The summed E-state index contributed by atoms with van der Waals surface area (Å²) in [7, 11) is 0. The Hall–Kier alpha value is -4.16. The van der Waals surface area contributed by atoms with Gasteiger partial charge in [-0.25, -0.2) is 14.3 Å². The van der Waals surface area contributed by atoms with Crippen LogP contribution in [0.4, 0.5) is 17.1 Å². The van der Waals surface area contributed by atoms with Gasteiger partial charge in [0.1, 0.15) is 17.1 Å². The van der Waals surface area contributed by atoms with E-state index >= 15 is 0 Å². The first kappa shape index (κ1) is 22.0. The lowest BCUT2D eigenvalue weighted by atomic mass is 10.1. The van der Waals surface area contributed by atoms with Crippen molar-refractivity contribution in [2.75, 3.05) is 23.3 Å². The number of pyridine rings is 1. The fraction of sp³-hybridized carbons (Fsp3) is 0.240. The van der Waals surface area contributed by atoms with Crippen molar-refractivity contribution in [2.24, 2.45) is 4.99 Å². The molecule has 0 fully saturated rings. The van der Waals surface area contributed by atoms with E-state index in [0.717, 1.165) is 41.4 Å². The SMILES string of the molecule is C=C(N=C=O)c1[nH]n2c(-c3ccccn3)c(C)nc2c1Nc1ccc(N(CC)CC)cc1C. The molecule has 0 radical (unpaired) electrons. The molecule has 33 heavy (non-hydrogen) atoms. The van der Waals surface area contributed by atoms with Crippen LogP contribution in [0.5, 0.6) is 0 Å². The van der Waals surface area contributed by atoms with Crippen molar-refractivity contribution in [1.29, 1.82) is 0 Å². The summed E-state index contributed by atoms with van der Waals surface area (Å²) in [4.78, 5) is 26.3. The highest BCUT2D eigenvalue weighted by Crippen LogP contribution is 2.35. The second-order valence-electron chi connectivity index (χ2n) is 7.73. The molecule has 4 rings (SSSR count). The van der Waals surface area contributed by atoms with E-state index < -0.39 is 0 Å². The van der Waals surface area contributed by atoms with Crippen molar-refractivity contribution in [3.63, 3.8) is 0 Å². The summed E-state index contributed by atoms with van der Waals surface area (Å²) in [6.45, 7) is 14.1. The zero-order valence-corrected chi connectivity index (χ0v) is 19.3. The fourth-order valence-electron chi connectivity index (χ4n) is 4.03. The number of benzene rings is 1. The number of carbonyl (C=O) groups excluding carboxylic acids is 1. The highest BCUT2D eigenvalue weighted by atomic mass is 16.1. The molecule has 8 heteroatoms. The first-order chi connectivity index (χ1) is 16.0. The van der Waals surface area contributed by atoms with E-state index in [1.54, 1.807) is 12.3 Å². The van der Waals surface area contributed by atoms with Gasteiger partial charge in [0.05, 0.1) is 17.1 Å². The highest BCUT2D eigenvalue weighted by Gasteiger charge is 2.22. The lowest BCUT2D eigenvalue weighted by Gasteiger charge is -2.22. The third kappa shape index (κ3) is 4.04. The first-order valence-electron chi connectivity index (χ1n) is 10.9. The van der Waals surface area contributed by atoms with Crippen LogP contribution in [-0.2, 0) is 4.79 Å². The van der Waals surface area contributed by atoms with Crippen molar-refractivity contribution >= 4 is 34.5 Å². The number of imidazole rings is 1. The van der Waals surface area contributed by atoms with Crippen molar-refractivity contribution in [1.82, 2.24) is 19.6 Å². The molecule has 0 unspecified atom stereocenters. The number of fused-ring (bicyclic) bond motifs is 1. The van der Waals surface area contributed by atoms with Gasteiger partial charge in [-0.1, -0.05) is 12.6 Å². The summed E-state index contributed by atoms with van der Waals surface area (Å²) in [6, 6.07) is 12.0. The van der Waals surface area contributed by atoms with E-state index in [0.29, 0.717) is 17.0 Å². The summed E-state index contributed by atoms with van der Waals surface area (Å²) in [5.74, 6) is 0. The average Bonchev–Trinajstić information content (AvgIpc) is 3.31. The molecule has 3 heterocycles. The number of H-pyrrole nitrogens is 1. The molecule has 0 aliphatic carbocycles. The van der Waals surface area contributed by atoms with Crippen LogP contribution in [0.1, 0.15) is 30.8 Å². The van der Waals surface area contributed by atoms with Crippen LogP contribution in [0.15, 0.2) is 54.2 Å². The lowest BCUT2D eigenvalue weighted by Crippen LogP contribution is -2.21. The van der Waals surface area contributed by atoms with Gasteiger partial charge in [0, 0.05) is 30.7 Å². The number of aliphatic imine (C=N–C) groups is 1. The molecule has 2 N–H and O–H groups in total. The Kier molecular flexibility index (Phi) is 6.11. The standard InChI is InChI=1S/C25H27N7O/c1-6-31(7-2)19-11-12-20(16(3)14-19)29-23-22(17(4)27-15-33)30-32-24(18(5)28-25(23)32)21-10-8-9-13-26-21/h8-14,29-30H,4,6-7H2,1-3,5H3. The Morgan fingerprint density at radius 3 is 2.67 bits per heavy atom. The topological polar surface area (TPSA) is 90.7 Å². The van der Waals surface area contributed by atoms with Crippen LogP contribution in [0, 0.1) is 13.8 Å². The number of anilines is 3. The van der Waals surface area contributed by atoms with Crippen molar-refractivity contribution < 1.29 is 4.79 Å². The van der Waals surface area contributed by atoms with Crippen LogP contribution in [0.3, 0.4) is 0 Å². The predicted molar refractivity (Wildman–Crippen MR) is 133 cm³/mol. The first-order valence-corrected chi connectivity index (χ1v) is 10.9. The van der Waals surface area contributed by atoms with Crippen LogP contribution in [0.2, 0.25) is 0 Å². The average molecular weight is 442 g/mol. The van der Waals surface area contributed by atoms with Gasteiger partial charge in [-0.05, 0) is 63.6 Å². The molecule has 0 aliphatic rings. The van der Waals surface area contributed by atoms with Crippen LogP contribution < -0.4 is 10.2 Å². The van der Waals surface area contributed by atoms with Crippen LogP contribution in [-0.4, -0.2) is 38.8 Å². The zero-order valence-electron chi connectivity index (χ0n) is 19.3. The predicted octanol–water partition coefficient (Wildman–Crippen LogP) is 5.24. The summed E-state index contributed by atoms with van der Waals surface area (Å²) >= 11 is 0. The lowest BCUT2D eigenvalue weighted by molar-refractivity contribution is 0.565. The van der Waals surface area contributed by atoms with E-state index in [2.05, 4.69) is 70.8 Å². The molecule has 0 spiro atoms. The normalized spacial score (nSPS) is 10.8. The summed E-state index contributed by atoms with van der Waals surface area (Å²) in [5.41, 5.74) is 7.80. The maximum atomic E-state index is 10.9. The van der Waals surface area contributed by atoms with Crippen LogP contribution >= 0.6 is 0 Å². The summed E-state index contributed by atoms with van der Waals surface area (Å²) < 4.78 is 1.85. The van der Waals surface area contributed by atoms with Gasteiger partial charge in [-0.2, -0.15) is 4.99 Å². The van der Waals surface area contributed by atoms with Gasteiger partial charge in [-0.15, -0.1) is 0 Å². The largest absolute Gasteiger partial charge is 0.372 e. The van der Waals surface area contributed by atoms with Gasteiger partial charge in [0.25, 0.3) is 0 Å². The maximum Gasteiger partial charge on any atom is 0.240 e. The molecule has 168 valence electrons. The number of aryl methyl sites for hydroxylation is 2. The van der Waals surface area contributed by atoms with Gasteiger partial charge >= 0.3 is 0 Å². The minimum atomic E-state index is 0.264. The molecular weight excluding hydrogens is 414 g/mol. The second-order valence-corrected chi connectivity index (χ2v) is 7.73. The van der Waals surface area contributed by atoms with Crippen molar-refractivity contribution in [3.05, 3.63) is 66.1 Å². The molecule has 0 saturated carbocycles. The minimum Gasteiger partial charge on any atom is -0.372 e. The van der Waals surface area contributed by atoms with Gasteiger partial charge in [-0.3, -0.25) is 10.1 Å². The number of nitrogens with one attached hydrogen (secondary N) is 2. The molecular formula is C25H27N7O. The fourth-order valence-corrected chi connectivity index (χ4v) is 4.03. The van der Waals surface area contributed by atoms with E-state index in [4.69, 9.17) is 4.98 Å². The molecule has 0 aliphatic heterocycles. The van der Waals surface area contributed by atoms with E-state index in [9.17, 15) is 4.79 Å². The Morgan fingerprint density at radius 2 is 2.03 bits per heavy atom. The molecule has 0 saturated heterocycles.